The molecule has 8 rings (SSSR count). The number of sulfone groups is 1. The molecule has 0 fully saturated rings. The highest BCUT2D eigenvalue weighted by Crippen LogP contribution is 2.42. The maximum Gasteiger partial charge on any atom is 0.510 e. The van der Waals surface area contributed by atoms with E-state index in [0.717, 1.165) is 22.8 Å². The number of hydrogen-bond acceptors (Lipinski definition) is 26. The molecule has 6 aromatic rings. The van der Waals surface area contributed by atoms with Gasteiger partial charge in [0.2, 0.25) is 48.3 Å². The second-order valence-electron chi connectivity index (χ2n) is 22.2. The van der Waals surface area contributed by atoms with E-state index >= 15 is 0 Å². The topological polar surface area (TPSA) is 426 Å². The number of aliphatic hydroxyl groups excluding tert-OH is 1. The van der Waals surface area contributed by atoms with E-state index < -0.39 is 86.4 Å². The van der Waals surface area contributed by atoms with Gasteiger partial charge in [-0.05, 0) is 87.9 Å². The van der Waals surface area contributed by atoms with E-state index in [9.17, 15) is 50.7 Å². The summed E-state index contributed by atoms with van der Waals surface area (Å²) in [7, 11) is -7.11. The van der Waals surface area contributed by atoms with Crippen molar-refractivity contribution in [3.05, 3.63) is 128 Å². The van der Waals surface area contributed by atoms with Crippen LogP contribution >= 0.6 is 11.3 Å². The average Bonchev–Trinajstić information content (AvgIpc) is 1.65. The van der Waals surface area contributed by atoms with Gasteiger partial charge in [-0.15, -0.1) is 11.3 Å². The van der Waals surface area contributed by atoms with Gasteiger partial charge in [-0.3, -0.25) is 24.5 Å². The molecule has 2 aliphatic rings. The number of aliphatic hydroxyl groups is 1. The van der Waals surface area contributed by atoms with Crippen LogP contribution in [0.25, 0.3) is 32.9 Å². The van der Waals surface area contributed by atoms with Gasteiger partial charge in [0.1, 0.15) is 43.7 Å². The Bertz CT molecular complexity index is 4020. The Morgan fingerprint density at radius 2 is 1.68 bits per heavy atom. The summed E-state index contributed by atoms with van der Waals surface area (Å²) in [6.07, 6.45) is 5.42. The Morgan fingerprint density at radius 3 is 2.38 bits per heavy atom. The summed E-state index contributed by atoms with van der Waals surface area (Å²) in [4.78, 5) is 97.8. The van der Waals surface area contributed by atoms with E-state index in [1.165, 1.54) is 50.1 Å². The first-order chi connectivity index (χ1) is 44.3. The van der Waals surface area contributed by atoms with Crippen LogP contribution in [0.2, 0.25) is 0 Å². The Kier molecular flexibility index (Phi) is 23.9. The number of aromatic nitrogens is 5. The van der Waals surface area contributed by atoms with Crippen LogP contribution < -0.4 is 44.1 Å². The lowest BCUT2D eigenvalue weighted by atomic mass is 9.85. The fraction of sp³-hybridized carbons (Fsp3) is 0.433. The van der Waals surface area contributed by atoms with Gasteiger partial charge < -0.3 is 65.8 Å². The molecular formula is C60H76N14O16S3. The number of thiazole rings is 1. The second-order valence-corrected chi connectivity index (χ2v) is 26.9. The first-order valence-electron chi connectivity index (χ1n) is 29.7. The highest BCUT2D eigenvalue weighted by atomic mass is 32.2. The lowest BCUT2D eigenvalue weighted by Gasteiger charge is -2.35. The zero-order valence-corrected chi connectivity index (χ0v) is 54.4. The molecule has 0 aliphatic carbocycles. The lowest BCUT2D eigenvalue weighted by molar-refractivity contribution is -0.175. The number of nitrogens with two attached hydrogens (primary N) is 3. The number of hydrazine groups is 1. The molecule has 2 aromatic carbocycles. The summed E-state index contributed by atoms with van der Waals surface area (Å²) < 4.78 is 79.5. The first kappa shape index (κ1) is 70.5. The maximum atomic E-state index is 14.4. The number of fused-ring (bicyclic) bond motifs is 5. The first-order valence-corrected chi connectivity index (χ1v) is 34.3. The number of amides is 3. The van der Waals surface area contributed by atoms with E-state index in [1.54, 1.807) is 56.5 Å². The number of carbonyl (C=O) groups excluding carboxylic acids is 5. The fourth-order valence-electron chi connectivity index (χ4n) is 10.4. The highest BCUT2D eigenvalue weighted by molar-refractivity contribution is 7.90. The number of ether oxygens (including phenoxy) is 5. The number of carbonyl (C=O) groups is 5. The van der Waals surface area contributed by atoms with Crippen molar-refractivity contribution < 1.29 is 69.6 Å². The third-order valence-electron chi connectivity index (χ3n) is 15.1. The molecule has 500 valence electrons. The Hall–Kier alpha value is -8.38. The molecule has 0 saturated carbocycles. The molecule has 0 bridgehead atoms. The number of anilines is 1. The van der Waals surface area contributed by atoms with Crippen molar-refractivity contribution in [2.45, 2.75) is 102 Å². The van der Waals surface area contributed by atoms with Crippen LogP contribution in [-0.4, -0.2) is 169 Å². The van der Waals surface area contributed by atoms with Gasteiger partial charge in [-0.25, -0.2) is 52.2 Å². The predicted molar refractivity (Wildman–Crippen MR) is 341 cm³/mol. The van der Waals surface area contributed by atoms with Crippen molar-refractivity contribution >= 4 is 77.6 Å². The minimum absolute atomic E-state index is 0.0460. The van der Waals surface area contributed by atoms with Gasteiger partial charge in [0, 0.05) is 89.4 Å². The van der Waals surface area contributed by atoms with E-state index in [0.29, 0.717) is 70.2 Å². The summed E-state index contributed by atoms with van der Waals surface area (Å²) in [5, 5.41) is 25.3. The van der Waals surface area contributed by atoms with Gasteiger partial charge in [0.25, 0.3) is 5.56 Å². The minimum Gasteiger partial charge on any atom is -0.457 e. The molecule has 33 heteroatoms. The number of rotatable bonds is 33. The van der Waals surface area contributed by atoms with Crippen LogP contribution in [0.5, 0.6) is 0 Å². The zero-order valence-electron chi connectivity index (χ0n) is 51.9. The van der Waals surface area contributed by atoms with Gasteiger partial charge in [0.05, 0.1) is 60.7 Å². The van der Waals surface area contributed by atoms with Gasteiger partial charge in [-0.1, -0.05) is 37.3 Å². The Balaban J connectivity index is 0.760. The van der Waals surface area contributed by atoms with Crippen LogP contribution in [0.1, 0.15) is 86.2 Å². The molecule has 2 aliphatic heterocycles. The maximum absolute atomic E-state index is 14.4. The number of pyridine rings is 2. The molecule has 93 heavy (non-hydrogen) atoms. The number of para-hydroxylation sites is 1. The quantitative estimate of drug-likeness (QED) is 0.00727. The normalized spacial score (nSPS) is 15.2. The van der Waals surface area contributed by atoms with Crippen LogP contribution in [0.15, 0.2) is 94.2 Å². The number of nitrogens with one attached hydrogen (secondary N) is 4. The highest BCUT2D eigenvalue weighted by Gasteiger charge is 2.51. The van der Waals surface area contributed by atoms with E-state index in [1.807, 2.05) is 24.3 Å². The molecule has 30 nitrogen and oxygen atoms in total. The van der Waals surface area contributed by atoms with Crippen molar-refractivity contribution in [2.24, 2.45) is 17.3 Å². The molecule has 6 heterocycles. The summed E-state index contributed by atoms with van der Waals surface area (Å²) in [5.74, 6) is 3.41. The summed E-state index contributed by atoms with van der Waals surface area (Å²) in [6.45, 7) is 4.89. The second kappa shape index (κ2) is 31.5. The number of hydrogen-bond donors (Lipinski definition) is 8. The Morgan fingerprint density at radius 1 is 0.946 bits per heavy atom. The molecular weight excluding hydrogens is 1270 g/mol. The molecule has 0 radical (unpaired) electrons. The number of nitrogens with zero attached hydrogens (tertiary/aromatic N) is 7. The number of esters is 1. The number of sulfonamides is 1. The molecule has 11 N–H and O–H groups in total. The van der Waals surface area contributed by atoms with Crippen LogP contribution in [0.4, 0.5) is 10.5 Å². The van der Waals surface area contributed by atoms with Crippen molar-refractivity contribution in [1.82, 2.24) is 49.8 Å². The molecule has 3 amide bonds. The third-order valence-corrected chi connectivity index (χ3v) is 18.3. The fourth-order valence-corrected chi connectivity index (χ4v) is 12.9. The third kappa shape index (κ3) is 18.1. The van der Waals surface area contributed by atoms with Crippen molar-refractivity contribution in [1.29, 1.82) is 0 Å². The average molecular weight is 1350 g/mol. The SMILES string of the molecule is CC[C@@]1(OC(=O)OCc2ccc(NC(=O)[C@H](CCCCN)NC(=O)COCC(=O)NCCOCCN(N)/C=C(\N)CNC(O)c3csc(-c4cnc(S(C)(=O)=O)nc4)n3)cc2)C(=O)OCc2c1cc1n(c2=O)Cc2c-1nc1ccccc1c2CCN(C(C)C)S(C)(=O)=O. The summed E-state index contributed by atoms with van der Waals surface area (Å²) >= 11 is 1.21. The molecule has 3 atom stereocenters. The zero-order chi connectivity index (χ0) is 67.2. The van der Waals surface area contributed by atoms with Gasteiger partial charge >= 0.3 is 12.1 Å². The van der Waals surface area contributed by atoms with E-state index in [2.05, 4.69) is 36.2 Å². The van der Waals surface area contributed by atoms with Crippen molar-refractivity contribution in [2.75, 3.05) is 77.0 Å². The van der Waals surface area contributed by atoms with Crippen molar-refractivity contribution in [3.8, 4) is 22.0 Å². The standard InChI is InChI=1S/C60H76N14O16S3/c1-6-60(45-25-49-52-43(30-73(49)56(79)44(45)32-88-57(60)80)41(42-11-7-8-12-46(42)70-52)18-21-74(36(2)3)93(5,84)85)90-59(81)89-31-37-14-16-40(17-15-37)68-54(78)47(13-9-10-19-61)69-51(76)34-87-33-50(75)64-20-23-86-24-22-72(63)29-39(62)28-65-53(77)48-35-91-55(71-48)38-26-66-58(67-27-38)92(4,82)83/h7-8,11-12,14-17,25-27,29,35-36,47,53,65,77H,6,9-10,13,18-24,28,30-34,61-63H2,1-5H3,(H,64,75)(H,68,78)(H,69,76)/b39-29-/t47-,53?,60-/m0/s1. The molecule has 4 aromatic heterocycles. The van der Waals surface area contributed by atoms with E-state index in [4.69, 9.17) is 46.0 Å². The predicted octanol–water partition coefficient (Wildman–Crippen LogP) is 1.93. The Labute approximate surface area is 540 Å². The van der Waals surface area contributed by atoms with Crippen molar-refractivity contribution in [3.63, 3.8) is 0 Å². The number of unbranched alkanes of at least 4 members (excludes halogenated alkanes) is 1. The lowest BCUT2D eigenvalue weighted by Crippen LogP contribution is -2.47. The largest absolute Gasteiger partial charge is 0.510 e. The smallest absolute Gasteiger partial charge is 0.457 e. The van der Waals surface area contributed by atoms with Gasteiger partial charge in [0.15, 0.2) is 0 Å². The van der Waals surface area contributed by atoms with Gasteiger partial charge in [-0.2, -0.15) is 4.31 Å². The molecule has 0 saturated heterocycles. The summed E-state index contributed by atoms with van der Waals surface area (Å²) in [5.41, 5.74) is 14.4. The minimum atomic E-state index is -3.56. The molecule has 0 spiro atoms. The van der Waals surface area contributed by atoms with E-state index in [-0.39, 0.29) is 100 Å². The monoisotopic (exact) mass is 1340 g/mol. The number of cyclic esters (lactones) is 1. The molecule has 1 unspecified atom stereocenters. The number of benzene rings is 2. The van der Waals surface area contributed by atoms with Crippen LogP contribution in [0, 0.1) is 0 Å². The summed E-state index contributed by atoms with van der Waals surface area (Å²) in [6, 6.07) is 14.0. The van der Waals surface area contributed by atoms with Crippen LogP contribution in [0.3, 0.4) is 0 Å². The van der Waals surface area contributed by atoms with Crippen LogP contribution in [-0.2, 0) is 94.5 Å².